The lowest BCUT2D eigenvalue weighted by molar-refractivity contribution is -0.136. The van der Waals surface area contributed by atoms with Crippen molar-refractivity contribution in [2.24, 2.45) is 11.8 Å². The van der Waals surface area contributed by atoms with E-state index in [1.165, 1.54) is 0 Å². The van der Waals surface area contributed by atoms with Crippen LogP contribution in [0.15, 0.2) is 109 Å². The molecule has 9 nitrogen and oxygen atoms in total. The number of benzene rings is 4. The van der Waals surface area contributed by atoms with Gasteiger partial charge in [-0.1, -0.05) is 97.1 Å². The number of hydrogen-bond donors (Lipinski definition) is 2. The second-order valence-electron chi connectivity index (χ2n) is 15.4. The van der Waals surface area contributed by atoms with E-state index in [0.29, 0.717) is 43.6 Å². The van der Waals surface area contributed by atoms with Crippen LogP contribution in [0.1, 0.15) is 47.9 Å². The summed E-state index contributed by atoms with van der Waals surface area (Å²) < 4.78 is 0. The summed E-state index contributed by atoms with van der Waals surface area (Å²) in [6.45, 7) is 0.516. The minimum absolute atomic E-state index is 0.0476. The molecule has 6 rings (SSSR count). The lowest BCUT2D eigenvalue weighted by Gasteiger charge is -2.37. The number of carbonyl (C=O) groups is 4. The summed E-state index contributed by atoms with van der Waals surface area (Å²) in [5, 5.41) is 6.13. The molecule has 1 saturated heterocycles. The Morgan fingerprint density at radius 3 is 1.64 bits per heavy atom. The Balaban J connectivity index is 1.04. The van der Waals surface area contributed by atoms with E-state index >= 15 is 0 Å². The Bertz CT molecular complexity index is 1940. The Morgan fingerprint density at radius 1 is 0.600 bits per heavy atom. The molecule has 4 aromatic carbocycles. The molecule has 3 amide bonds. The first-order chi connectivity index (χ1) is 26.5. The van der Waals surface area contributed by atoms with E-state index < -0.39 is 6.04 Å². The number of Topliss-reactive ketones (excluding diaryl/α,β-unsaturated/α-hetero) is 1. The molecule has 55 heavy (non-hydrogen) atoms. The fourth-order valence-electron chi connectivity index (χ4n) is 7.81. The molecule has 2 fully saturated rings. The summed E-state index contributed by atoms with van der Waals surface area (Å²) in [6, 6.07) is 34.5. The highest BCUT2D eigenvalue weighted by atomic mass is 16.2. The zero-order valence-electron chi connectivity index (χ0n) is 32.4. The molecule has 2 aliphatic rings. The molecule has 4 aromatic rings. The van der Waals surface area contributed by atoms with E-state index in [-0.39, 0.29) is 53.8 Å². The monoisotopic (exact) mass is 739 g/mol. The maximum absolute atomic E-state index is 13.7. The molecule has 2 N–H and O–H groups in total. The quantitative estimate of drug-likeness (QED) is 0.149. The first-order valence-electron chi connectivity index (χ1n) is 19.3. The lowest BCUT2D eigenvalue weighted by atomic mass is 9.73. The predicted octanol–water partition coefficient (Wildman–Crippen LogP) is 6.67. The summed E-state index contributed by atoms with van der Waals surface area (Å²) in [6.07, 6.45) is 7.43. The number of likely N-dealkylation sites (tertiary alicyclic amines) is 1. The third-order valence-electron chi connectivity index (χ3n) is 11.2. The number of nitrogens with one attached hydrogen (secondary N) is 2. The SMILES string of the molecule is CN(C)[C@@H]1CCC(C(=O)Cc2ccccc2)[C@H](C(=O)Nc2ccc(/C=C/c3ccc(NC(=O)[C@@H]4C[C@H](N(C)C)CN4C(=O)Cc4ccccc4)cc3)cc2)C1. The van der Waals surface area contributed by atoms with Gasteiger partial charge in [-0.05, 0) is 100 Å². The van der Waals surface area contributed by atoms with Crippen LogP contribution in [0.25, 0.3) is 12.2 Å². The molecule has 1 unspecified atom stereocenters. The van der Waals surface area contributed by atoms with Gasteiger partial charge in [0.2, 0.25) is 17.7 Å². The lowest BCUT2D eigenvalue weighted by Crippen LogP contribution is -2.44. The molecule has 1 heterocycles. The number of hydrogen-bond acceptors (Lipinski definition) is 6. The molecule has 1 aliphatic heterocycles. The van der Waals surface area contributed by atoms with E-state index in [0.717, 1.165) is 28.7 Å². The maximum Gasteiger partial charge on any atom is 0.247 e. The van der Waals surface area contributed by atoms with Crippen molar-refractivity contribution >= 4 is 47.0 Å². The van der Waals surface area contributed by atoms with Crippen molar-refractivity contribution in [3.63, 3.8) is 0 Å². The van der Waals surface area contributed by atoms with Gasteiger partial charge in [0.15, 0.2) is 0 Å². The zero-order valence-corrected chi connectivity index (χ0v) is 32.4. The second kappa shape index (κ2) is 18.3. The van der Waals surface area contributed by atoms with Gasteiger partial charge >= 0.3 is 0 Å². The highest BCUT2D eigenvalue weighted by molar-refractivity contribution is 5.98. The molecule has 0 bridgehead atoms. The van der Waals surface area contributed by atoms with E-state index in [1.54, 1.807) is 4.90 Å². The molecule has 0 aromatic heterocycles. The first-order valence-corrected chi connectivity index (χ1v) is 19.3. The van der Waals surface area contributed by atoms with Crippen molar-refractivity contribution in [2.75, 3.05) is 45.4 Å². The van der Waals surface area contributed by atoms with Crippen molar-refractivity contribution in [3.8, 4) is 0 Å². The number of nitrogens with zero attached hydrogens (tertiary/aromatic N) is 3. The molecule has 1 aliphatic carbocycles. The van der Waals surface area contributed by atoms with E-state index in [4.69, 9.17) is 0 Å². The van der Waals surface area contributed by atoms with Crippen LogP contribution in [0.2, 0.25) is 0 Å². The van der Waals surface area contributed by atoms with Crippen LogP contribution < -0.4 is 10.6 Å². The molecule has 0 spiro atoms. The molecule has 286 valence electrons. The zero-order chi connectivity index (χ0) is 38.9. The Hall–Kier alpha value is -5.38. The summed E-state index contributed by atoms with van der Waals surface area (Å²) >= 11 is 0. The van der Waals surface area contributed by atoms with Gasteiger partial charge < -0.3 is 25.3 Å². The average Bonchev–Trinajstić information content (AvgIpc) is 3.66. The van der Waals surface area contributed by atoms with Crippen molar-refractivity contribution in [1.29, 1.82) is 0 Å². The maximum atomic E-state index is 13.7. The molecule has 9 heteroatoms. The Labute approximate surface area is 325 Å². The van der Waals surface area contributed by atoms with E-state index in [2.05, 4.69) is 20.4 Å². The highest BCUT2D eigenvalue weighted by Gasteiger charge is 2.41. The standard InChI is InChI=1S/C46H53N5O4/c1-49(2)38-25-26-40(43(52)27-34-11-7-5-8-12-34)41(29-38)45(54)47-36-21-17-32(18-22-36)15-16-33-19-23-37(24-20-33)48-46(55)42-30-39(50(3)4)31-51(42)44(53)28-35-13-9-6-10-14-35/h5-24,38-42H,25-31H2,1-4H3,(H,47,54)(H,48,55)/b16-15+/t38-,39+,40?,41-,42+/m1/s1. The molecule has 0 radical (unpaired) electrons. The average molecular weight is 740 g/mol. The van der Waals surface area contributed by atoms with Crippen LogP contribution in [-0.2, 0) is 32.0 Å². The molecular formula is C46H53N5O4. The van der Waals surface area contributed by atoms with Gasteiger partial charge in [0.05, 0.1) is 6.42 Å². The third kappa shape index (κ3) is 10.4. The van der Waals surface area contributed by atoms with Crippen molar-refractivity contribution in [3.05, 3.63) is 131 Å². The van der Waals surface area contributed by atoms with Gasteiger partial charge in [-0.2, -0.15) is 0 Å². The van der Waals surface area contributed by atoms with Gasteiger partial charge in [0, 0.05) is 48.3 Å². The minimum atomic E-state index is -0.544. The fourth-order valence-corrected chi connectivity index (χ4v) is 7.81. The Morgan fingerprint density at radius 2 is 1.11 bits per heavy atom. The fraction of sp³-hybridized carbons (Fsp3) is 0.348. The molecule has 1 saturated carbocycles. The number of carbonyl (C=O) groups excluding carboxylic acids is 4. The van der Waals surface area contributed by atoms with Crippen LogP contribution in [0.3, 0.4) is 0 Å². The van der Waals surface area contributed by atoms with E-state index in [1.807, 2.05) is 150 Å². The van der Waals surface area contributed by atoms with Crippen molar-refractivity contribution in [2.45, 2.75) is 56.7 Å². The summed E-state index contributed by atoms with van der Waals surface area (Å²) in [7, 11) is 8.03. The number of ketones is 1. The van der Waals surface area contributed by atoms with Gasteiger partial charge in [-0.15, -0.1) is 0 Å². The van der Waals surface area contributed by atoms with Crippen molar-refractivity contribution in [1.82, 2.24) is 14.7 Å². The molecule has 5 atom stereocenters. The minimum Gasteiger partial charge on any atom is -0.329 e. The van der Waals surface area contributed by atoms with Crippen molar-refractivity contribution < 1.29 is 19.2 Å². The van der Waals surface area contributed by atoms with E-state index in [9.17, 15) is 19.2 Å². The van der Waals surface area contributed by atoms with Gasteiger partial charge in [0.1, 0.15) is 11.8 Å². The van der Waals surface area contributed by atoms with Crippen LogP contribution in [0, 0.1) is 11.8 Å². The van der Waals surface area contributed by atoms with Gasteiger partial charge in [0.25, 0.3) is 0 Å². The van der Waals surface area contributed by atoms with Gasteiger partial charge in [-0.25, -0.2) is 0 Å². The number of amides is 3. The smallest absolute Gasteiger partial charge is 0.247 e. The Kier molecular flexibility index (Phi) is 13.1. The predicted molar refractivity (Wildman–Crippen MR) is 220 cm³/mol. The number of rotatable bonds is 13. The van der Waals surface area contributed by atoms with Gasteiger partial charge in [-0.3, -0.25) is 19.2 Å². The number of likely N-dealkylation sites (N-methyl/N-ethyl adjacent to an activating group) is 1. The highest BCUT2D eigenvalue weighted by Crippen LogP contribution is 2.35. The summed E-state index contributed by atoms with van der Waals surface area (Å²) in [4.78, 5) is 59.9. The topological polar surface area (TPSA) is 102 Å². The summed E-state index contributed by atoms with van der Waals surface area (Å²) in [5.41, 5.74) is 5.21. The van der Waals surface area contributed by atoms with Crippen LogP contribution >= 0.6 is 0 Å². The number of anilines is 2. The first kappa shape index (κ1) is 39.3. The summed E-state index contributed by atoms with van der Waals surface area (Å²) in [5.74, 6) is -0.904. The van der Waals surface area contributed by atoms with Crippen LogP contribution in [-0.4, -0.2) is 91.1 Å². The third-order valence-corrected chi connectivity index (χ3v) is 11.2. The molecular weight excluding hydrogens is 687 g/mol. The largest absolute Gasteiger partial charge is 0.329 e. The second-order valence-corrected chi connectivity index (χ2v) is 15.4. The van der Waals surface area contributed by atoms with Crippen LogP contribution in [0.5, 0.6) is 0 Å². The normalized spacial score (nSPS) is 21.2. The van der Waals surface area contributed by atoms with Crippen LogP contribution in [0.4, 0.5) is 11.4 Å².